The molecule has 35 heavy (non-hydrogen) atoms. The number of nitrogens with zero attached hydrogens (tertiary/aromatic N) is 2. The Morgan fingerprint density at radius 2 is 1.86 bits per heavy atom. The van der Waals surface area contributed by atoms with Crippen LogP contribution in [0.1, 0.15) is 32.6 Å². The summed E-state index contributed by atoms with van der Waals surface area (Å²) in [6.45, 7) is 3.76. The van der Waals surface area contributed by atoms with Gasteiger partial charge in [-0.2, -0.15) is 0 Å². The number of carbonyl (C=O) groups excluding carboxylic acids is 1. The number of rotatable bonds is 5. The van der Waals surface area contributed by atoms with E-state index < -0.39 is 0 Å². The predicted octanol–water partition coefficient (Wildman–Crippen LogP) is 6.38. The highest BCUT2D eigenvalue weighted by molar-refractivity contribution is 6.35. The molecule has 2 heterocycles. The zero-order chi connectivity index (χ0) is 24.7. The fourth-order valence-electron chi connectivity index (χ4n) is 4.44. The number of anilines is 1. The van der Waals surface area contributed by atoms with Gasteiger partial charge in [-0.15, -0.1) is 0 Å². The first-order valence-corrected chi connectivity index (χ1v) is 12.2. The summed E-state index contributed by atoms with van der Waals surface area (Å²) in [5.41, 5.74) is 5.42. The van der Waals surface area contributed by atoms with Crippen molar-refractivity contribution in [2.45, 2.75) is 19.9 Å². The summed E-state index contributed by atoms with van der Waals surface area (Å²) in [7, 11) is 3.99. The fraction of sp³-hybridized carbons (Fsp3) is 0.250. The second-order valence-corrected chi connectivity index (χ2v) is 9.96. The molecule has 180 valence electrons. The first-order chi connectivity index (χ1) is 16.8. The molecule has 0 saturated heterocycles. The molecule has 2 aliphatic heterocycles. The van der Waals surface area contributed by atoms with E-state index in [1.807, 2.05) is 68.4 Å². The van der Waals surface area contributed by atoms with Gasteiger partial charge in [-0.25, -0.2) is 0 Å². The Hall–Kier alpha value is -2.99. The minimum atomic E-state index is -0.0953. The zero-order valence-electron chi connectivity index (χ0n) is 19.9. The smallest absolute Gasteiger partial charge is 0.232 e. The third kappa shape index (κ3) is 4.76. The molecular weight excluding hydrogens is 483 g/mol. The van der Waals surface area contributed by atoms with E-state index in [2.05, 4.69) is 4.90 Å². The molecule has 0 fully saturated rings. The van der Waals surface area contributed by atoms with E-state index in [-0.39, 0.29) is 5.78 Å². The van der Waals surface area contributed by atoms with Crippen molar-refractivity contribution >= 4 is 40.7 Å². The standard InChI is InChI=1S/C28H26Cl2N2O3/c1-17-12-24-22(15-32(16-34-24)11-10-19-6-7-20(29)14-23(19)30)28-26(17)27(33)25(35-28)13-18-4-8-21(9-5-18)31(2)3/h4-9,12-14H,10-11,15-16H2,1-3H3/b25-13+. The molecule has 2 aliphatic rings. The van der Waals surface area contributed by atoms with Crippen molar-refractivity contribution in [3.63, 3.8) is 0 Å². The van der Waals surface area contributed by atoms with E-state index in [4.69, 9.17) is 32.7 Å². The molecule has 0 atom stereocenters. The van der Waals surface area contributed by atoms with Crippen molar-refractivity contribution in [1.29, 1.82) is 0 Å². The SMILES string of the molecule is Cc1cc2c(c3c1C(=O)/C(=C\c1ccc(N(C)C)cc1)O3)CN(CCc1ccc(Cl)cc1Cl)CO2. The zero-order valence-corrected chi connectivity index (χ0v) is 21.4. The number of benzene rings is 3. The van der Waals surface area contributed by atoms with Crippen molar-refractivity contribution in [3.05, 3.63) is 92.2 Å². The number of carbonyl (C=O) groups is 1. The van der Waals surface area contributed by atoms with Gasteiger partial charge < -0.3 is 14.4 Å². The second kappa shape index (κ2) is 9.57. The molecule has 0 N–H and O–H groups in total. The van der Waals surface area contributed by atoms with E-state index in [1.165, 1.54) is 0 Å². The maximum absolute atomic E-state index is 13.3. The van der Waals surface area contributed by atoms with Gasteiger partial charge in [0.05, 0.1) is 11.1 Å². The fourth-order valence-corrected chi connectivity index (χ4v) is 4.95. The number of hydrogen-bond acceptors (Lipinski definition) is 5. The molecule has 3 aromatic rings. The van der Waals surface area contributed by atoms with Gasteiger partial charge in [0, 0.05) is 42.9 Å². The van der Waals surface area contributed by atoms with Gasteiger partial charge in [0.15, 0.2) is 5.76 Å². The van der Waals surface area contributed by atoms with Gasteiger partial charge >= 0.3 is 0 Å². The largest absolute Gasteiger partial charge is 0.478 e. The Kier molecular flexibility index (Phi) is 6.49. The van der Waals surface area contributed by atoms with Crippen LogP contribution in [0.5, 0.6) is 11.5 Å². The van der Waals surface area contributed by atoms with Crippen molar-refractivity contribution in [3.8, 4) is 11.5 Å². The van der Waals surface area contributed by atoms with Gasteiger partial charge in [0.25, 0.3) is 0 Å². The molecule has 0 radical (unpaired) electrons. The number of fused-ring (bicyclic) bond motifs is 3. The number of halogens is 2. The average molecular weight is 509 g/mol. The Morgan fingerprint density at radius 1 is 1.09 bits per heavy atom. The van der Waals surface area contributed by atoms with Crippen molar-refractivity contribution in [1.82, 2.24) is 4.90 Å². The van der Waals surface area contributed by atoms with Gasteiger partial charge in [-0.1, -0.05) is 41.4 Å². The van der Waals surface area contributed by atoms with Crippen molar-refractivity contribution < 1.29 is 14.3 Å². The number of Topliss-reactive ketones (excluding diaryl/α,β-unsaturated/α-hetero) is 1. The molecule has 0 unspecified atom stereocenters. The summed E-state index contributed by atoms with van der Waals surface area (Å²) in [5, 5.41) is 1.29. The van der Waals surface area contributed by atoms with E-state index in [9.17, 15) is 4.79 Å². The first kappa shape index (κ1) is 23.7. The maximum Gasteiger partial charge on any atom is 0.232 e. The highest BCUT2D eigenvalue weighted by Gasteiger charge is 2.35. The number of hydrogen-bond donors (Lipinski definition) is 0. The molecule has 0 saturated carbocycles. The molecule has 0 aromatic heterocycles. The highest BCUT2D eigenvalue weighted by atomic mass is 35.5. The first-order valence-electron chi connectivity index (χ1n) is 11.5. The Bertz CT molecular complexity index is 1330. The van der Waals surface area contributed by atoms with Gasteiger partial charge in [0.1, 0.15) is 18.2 Å². The molecule has 0 spiro atoms. The molecule has 3 aromatic carbocycles. The molecule has 7 heteroatoms. The Morgan fingerprint density at radius 3 is 2.57 bits per heavy atom. The lowest BCUT2D eigenvalue weighted by atomic mass is 9.98. The normalized spacial score (nSPS) is 16.0. The summed E-state index contributed by atoms with van der Waals surface area (Å²) in [6.07, 6.45) is 2.56. The van der Waals surface area contributed by atoms with Crippen LogP contribution in [0.3, 0.4) is 0 Å². The van der Waals surface area contributed by atoms with Crippen LogP contribution < -0.4 is 14.4 Å². The van der Waals surface area contributed by atoms with Gasteiger partial charge in [0.2, 0.25) is 5.78 Å². The molecule has 5 rings (SSSR count). The van der Waals surface area contributed by atoms with Crippen LogP contribution in [0, 0.1) is 6.92 Å². The third-order valence-corrected chi connectivity index (χ3v) is 6.99. The Balaban J connectivity index is 1.37. The summed E-state index contributed by atoms with van der Waals surface area (Å²) in [6, 6.07) is 15.5. The topological polar surface area (TPSA) is 42.0 Å². The minimum Gasteiger partial charge on any atom is -0.478 e. The van der Waals surface area contributed by atoms with Crippen LogP contribution in [0.2, 0.25) is 10.0 Å². The number of aryl methyl sites for hydroxylation is 1. The second-order valence-electron chi connectivity index (χ2n) is 9.11. The van der Waals surface area contributed by atoms with Crippen LogP contribution >= 0.6 is 23.2 Å². The summed E-state index contributed by atoms with van der Waals surface area (Å²) in [5.74, 6) is 1.61. The molecular formula is C28H26Cl2N2O3. The summed E-state index contributed by atoms with van der Waals surface area (Å²) in [4.78, 5) is 17.5. The molecule has 0 aliphatic carbocycles. The van der Waals surface area contributed by atoms with E-state index >= 15 is 0 Å². The minimum absolute atomic E-state index is 0.0953. The lowest BCUT2D eigenvalue weighted by molar-refractivity contribution is 0.0949. The van der Waals surface area contributed by atoms with Crippen molar-refractivity contribution in [2.75, 3.05) is 32.3 Å². The highest BCUT2D eigenvalue weighted by Crippen LogP contribution is 2.44. The number of allylic oxidation sites excluding steroid dienone is 1. The quantitative estimate of drug-likeness (QED) is 0.374. The molecule has 0 bridgehead atoms. The summed E-state index contributed by atoms with van der Waals surface area (Å²) < 4.78 is 12.2. The lowest BCUT2D eigenvalue weighted by Crippen LogP contribution is -2.34. The predicted molar refractivity (Wildman–Crippen MR) is 141 cm³/mol. The van der Waals surface area contributed by atoms with Crippen molar-refractivity contribution in [2.24, 2.45) is 0 Å². The monoisotopic (exact) mass is 508 g/mol. The molecule has 5 nitrogen and oxygen atoms in total. The third-order valence-electron chi connectivity index (χ3n) is 6.41. The van der Waals surface area contributed by atoms with Gasteiger partial charge in [-0.05, 0) is 66.4 Å². The van der Waals surface area contributed by atoms with Crippen LogP contribution in [0.15, 0.2) is 54.3 Å². The number of ether oxygens (including phenoxy) is 2. The van der Waals surface area contributed by atoms with E-state index in [0.717, 1.165) is 46.7 Å². The van der Waals surface area contributed by atoms with E-state index in [1.54, 1.807) is 12.1 Å². The lowest BCUT2D eigenvalue weighted by Gasteiger charge is -2.30. The van der Waals surface area contributed by atoms with Crippen LogP contribution in [-0.2, 0) is 13.0 Å². The summed E-state index contributed by atoms with van der Waals surface area (Å²) >= 11 is 12.4. The average Bonchev–Trinajstić information content (AvgIpc) is 3.16. The van der Waals surface area contributed by atoms with Gasteiger partial charge in [-0.3, -0.25) is 9.69 Å². The van der Waals surface area contributed by atoms with E-state index in [0.29, 0.717) is 40.4 Å². The number of ketones is 1. The maximum atomic E-state index is 13.3. The molecule has 0 amide bonds. The van der Waals surface area contributed by atoms with Crippen LogP contribution in [-0.4, -0.2) is 38.1 Å². The van der Waals surface area contributed by atoms with Crippen LogP contribution in [0.25, 0.3) is 6.08 Å². The Labute approximate surface area is 215 Å². The van der Waals surface area contributed by atoms with Crippen LogP contribution in [0.4, 0.5) is 5.69 Å².